The summed E-state index contributed by atoms with van der Waals surface area (Å²) in [7, 11) is 0. The summed E-state index contributed by atoms with van der Waals surface area (Å²) in [4.78, 5) is 4.27. The summed E-state index contributed by atoms with van der Waals surface area (Å²) in [6.45, 7) is 2.65. The first-order valence-electron chi connectivity index (χ1n) is 6.88. The molecule has 0 fully saturated rings. The molecule has 0 radical (unpaired) electrons. The maximum absolute atomic E-state index is 12.7. The van der Waals surface area contributed by atoms with Gasteiger partial charge in [0.15, 0.2) is 0 Å². The van der Waals surface area contributed by atoms with Crippen LogP contribution in [0.15, 0.2) is 35.8 Å². The Morgan fingerprint density at radius 2 is 2.14 bits per heavy atom. The number of hydrogen-bond donors (Lipinski definition) is 2. The second-order valence-electron chi connectivity index (χ2n) is 4.66. The van der Waals surface area contributed by atoms with Crippen LogP contribution >= 0.6 is 11.3 Å². The number of nitrogens with one attached hydrogen (secondary N) is 1. The molecule has 114 valence electrons. The van der Waals surface area contributed by atoms with E-state index in [-0.39, 0.29) is 18.5 Å². The molecule has 0 aliphatic rings. The van der Waals surface area contributed by atoms with Gasteiger partial charge in [-0.3, -0.25) is 0 Å². The van der Waals surface area contributed by atoms with Crippen molar-refractivity contribution in [1.82, 2.24) is 10.3 Å². The molecule has 0 aliphatic heterocycles. The number of aliphatic hydroxyl groups is 1. The molecule has 0 bridgehead atoms. The molecule has 1 aromatic carbocycles. The summed E-state index contributed by atoms with van der Waals surface area (Å²) >= 11 is 1.60. The maximum Gasteiger partial charge on any atom is 0.123 e. The molecule has 2 atom stereocenters. The molecule has 21 heavy (non-hydrogen) atoms. The monoisotopic (exact) mass is 310 g/mol. The average molecular weight is 310 g/mol. The summed E-state index contributed by atoms with van der Waals surface area (Å²) in [5, 5.41) is 16.2. The van der Waals surface area contributed by atoms with E-state index in [1.165, 1.54) is 12.1 Å². The van der Waals surface area contributed by atoms with Gasteiger partial charge >= 0.3 is 0 Å². The zero-order valence-electron chi connectivity index (χ0n) is 11.8. The predicted molar refractivity (Wildman–Crippen MR) is 81.1 cm³/mol. The molecule has 2 N–H and O–H groups in total. The van der Waals surface area contributed by atoms with E-state index in [1.54, 1.807) is 29.7 Å². The fourth-order valence-corrected chi connectivity index (χ4v) is 2.67. The summed E-state index contributed by atoms with van der Waals surface area (Å²) in [5.74, 6) is 0.237. The van der Waals surface area contributed by atoms with E-state index >= 15 is 0 Å². The number of aromatic nitrogens is 1. The lowest BCUT2D eigenvalue weighted by Crippen LogP contribution is -2.33. The van der Waals surface area contributed by atoms with Gasteiger partial charge in [0.1, 0.15) is 29.3 Å². The average Bonchev–Trinajstić information content (AvgIpc) is 3.01. The molecule has 2 aromatic rings. The molecular weight excluding hydrogens is 291 g/mol. The van der Waals surface area contributed by atoms with Crippen molar-refractivity contribution in [1.29, 1.82) is 0 Å². The minimum atomic E-state index is -0.635. The Bertz CT molecular complexity index is 519. The Balaban J connectivity index is 1.74. The zero-order valence-corrected chi connectivity index (χ0v) is 12.6. The third-order valence-corrected chi connectivity index (χ3v) is 3.90. The van der Waals surface area contributed by atoms with E-state index in [2.05, 4.69) is 17.2 Å². The second kappa shape index (κ2) is 8.07. The molecule has 0 saturated heterocycles. The lowest BCUT2D eigenvalue weighted by Gasteiger charge is -2.18. The molecule has 2 rings (SSSR count). The highest BCUT2D eigenvalue weighted by atomic mass is 32.1. The Hall–Kier alpha value is -1.50. The quantitative estimate of drug-likeness (QED) is 0.787. The van der Waals surface area contributed by atoms with Crippen molar-refractivity contribution in [3.8, 4) is 5.75 Å². The fourth-order valence-electron chi connectivity index (χ4n) is 1.87. The van der Waals surface area contributed by atoms with Gasteiger partial charge in [0, 0.05) is 18.1 Å². The minimum Gasteiger partial charge on any atom is -0.491 e. The molecular formula is C15H19FN2O2S. The van der Waals surface area contributed by atoms with Gasteiger partial charge in [0.2, 0.25) is 0 Å². The molecule has 0 saturated carbocycles. The van der Waals surface area contributed by atoms with E-state index in [0.29, 0.717) is 12.3 Å². The number of halogens is 1. The Morgan fingerprint density at radius 3 is 2.76 bits per heavy atom. The van der Waals surface area contributed by atoms with Gasteiger partial charge in [-0.05, 0) is 30.7 Å². The largest absolute Gasteiger partial charge is 0.491 e. The van der Waals surface area contributed by atoms with Gasteiger partial charge in [0.25, 0.3) is 0 Å². The number of thiazole rings is 1. The summed E-state index contributed by atoms with van der Waals surface area (Å²) < 4.78 is 18.2. The van der Waals surface area contributed by atoms with E-state index in [4.69, 9.17) is 4.74 Å². The Labute approximate surface area is 127 Å². The Morgan fingerprint density at radius 1 is 1.38 bits per heavy atom. The molecule has 4 nitrogen and oxygen atoms in total. The number of aliphatic hydroxyl groups excluding tert-OH is 1. The lowest BCUT2D eigenvalue weighted by molar-refractivity contribution is 0.103. The second-order valence-corrected chi connectivity index (χ2v) is 5.58. The molecule has 6 heteroatoms. The Kier molecular flexibility index (Phi) is 6.10. The number of nitrogens with zero attached hydrogens (tertiary/aromatic N) is 1. The van der Waals surface area contributed by atoms with Gasteiger partial charge in [-0.25, -0.2) is 9.37 Å². The highest BCUT2D eigenvalue weighted by molar-refractivity contribution is 7.09. The summed E-state index contributed by atoms with van der Waals surface area (Å²) in [6, 6.07) is 5.88. The lowest BCUT2D eigenvalue weighted by atomic mass is 10.2. The third-order valence-electron chi connectivity index (χ3n) is 3.01. The van der Waals surface area contributed by atoms with E-state index in [0.717, 1.165) is 11.4 Å². The summed E-state index contributed by atoms with van der Waals surface area (Å²) in [5.41, 5.74) is 0. The van der Waals surface area contributed by atoms with Crippen LogP contribution in [0.25, 0.3) is 0 Å². The maximum atomic E-state index is 12.7. The zero-order chi connectivity index (χ0) is 15.1. The topological polar surface area (TPSA) is 54.4 Å². The van der Waals surface area contributed by atoms with Crippen LogP contribution < -0.4 is 10.1 Å². The van der Waals surface area contributed by atoms with Crippen molar-refractivity contribution >= 4 is 11.3 Å². The molecule has 0 amide bonds. The van der Waals surface area contributed by atoms with E-state index in [9.17, 15) is 9.50 Å². The first-order valence-corrected chi connectivity index (χ1v) is 7.76. The fraction of sp³-hybridized carbons (Fsp3) is 0.400. The van der Waals surface area contributed by atoms with Crippen LogP contribution in [-0.4, -0.2) is 29.3 Å². The number of hydrogen-bond acceptors (Lipinski definition) is 5. The first-order chi connectivity index (χ1) is 10.2. The molecule has 2 unspecified atom stereocenters. The number of ether oxygens (including phenoxy) is 1. The van der Waals surface area contributed by atoms with Crippen molar-refractivity contribution in [3.05, 3.63) is 46.7 Å². The van der Waals surface area contributed by atoms with Crippen LogP contribution in [0.5, 0.6) is 5.75 Å². The van der Waals surface area contributed by atoms with Crippen LogP contribution in [0.2, 0.25) is 0 Å². The van der Waals surface area contributed by atoms with Gasteiger partial charge in [-0.2, -0.15) is 0 Å². The van der Waals surface area contributed by atoms with E-state index < -0.39 is 6.10 Å². The smallest absolute Gasteiger partial charge is 0.123 e. The van der Waals surface area contributed by atoms with Gasteiger partial charge in [-0.1, -0.05) is 6.92 Å². The van der Waals surface area contributed by atoms with E-state index in [1.807, 2.05) is 5.38 Å². The molecule has 0 spiro atoms. The normalized spacial score (nSPS) is 13.9. The van der Waals surface area contributed by atoms with Gasteiger partial charge in [-0.15, -0.1) is 11.3 Å². The van der Waals surface area contributed by atoms with Crippen LogP contribution in [0, 0.1) is 5.82 Å². The van der Waals surface area contributed by atoms with Crippen LogP contribution in [0.3, 0.4) is 0 Å². The summed E-state index contributed by atoms with van der Waals surface area (Å²) in [6.07, 6.45) is 2.04. The van der Waals surface area contributed by atoms with Gasteiger partial charge in [0.05, 0.1) is 6.04 Å². The predicted octanol–water partition coefficient (Wildman–Crippen LogP) is 2.76. The van der Waals surface area contributed by atoms with Crippen molar-refractivity contribution < 1.29 is 14.2 Å². The number of rotatable bonds is 8. The molecule has 0 aliphatic carbocycles. The third kappa shape index (κ3) is 5.08. The van der Waals surface area contributed by atoms with Crippen LogP contribution in [-0.2, 0) is 0 Å². The van der Waals surface area contributed by atoms with Crippen LogP contribution in [0.4, 0.5) is 4.39 Å². The SMILES string of the molecule is CCC(NCC(O)COc1ccc(F)cc1)c1nccs1. The minimum absolute atomic E-state index is 0.144. The first kappa shape index (κ1) is 15.9. The number of benzene rings is 1. The highest BCUT2D eigenvalue weighted by Crippen LogP contribution is 2.18. The van der Waals surface area contributed by atoms with Crippen molar-refractivity contribution in [2.24, 2.45) is 0 Å². The van der Waals surface area contributed by atoms with Crippen molar-refractivity contribution in [2.75, 3.05) is 13.2 Å². The van der Waals surface area contributed by atoms with Crippen molar-refractivity contribution in [3.63, 3.8) is 0 Å². The standard InChI is InChI=1S/C15H19FN2O2S/c1-2-14(15-17-7-8-21-15)18-9-12(19)10-20-13-5-3-11(16)4-6-13/h3-8,12,14,18-19H,2,9-10H2,1H3. The van der Waals surface area contributed by atoms with Crippen molar-refractivity contribution in [2.45, 2.75) is 25.5 Å². The van der Waals surface area contributed by atoms with Crippen LogP contribution in [0.1, 0.15) is 24.4 Å². The molecule has 1 aromatic heterocycles. The van der Waals surface area contributed by atoms with Gasteiger partial charge < -0.3 is 15.2 Å². The molecule has 1 heterocycles. The highest BCUT2D eigenvalue weighted by Gasteiger charge is 2.13.